The van der Waals surface area contributed by atoms with Crippen molar-refractivity contribution in [2.75, 3.05) is 26.9 Å². The van der Waals surface area contributed by atoms with Gasteiger partial charge in [0.1, 0.15) is 0 Å². The maximum Gasteiger partial charge on any atom is 0.396 e. The van der Waals surface area contributed by atoms with Crippen LogP contribution in [0.4, 0.5) is 0 Å². The van der Waals surface area contributed by atoms with Crippen molar-refractivity contribution in [1.82, 2.24) is 5.32 Å². The minimum Gasteiger partial charge on any atom is -0.459 e. The minimum atomic E-state index is -0.853. The molecule has 0 saturated heterocycles. The van der Waals surface area contributed by atoms with E-state index in [9.17, 15) is 9.59 Å². The monoisotopic (exact) mass is 175 g/mol. The first-order chi connectivity index (χ1) is 5.72. The van der Waals surface area contributed by atoms with Crippen LogP contribution in [0.2, 0.25) is 0 Å². The number of amides is 1. The van der Waals surface area contributed by atoms with Crippen LogP contribution < -0.4 is 5.32 Å². The lowest BCUT2D eigenvalue weighted by Gasteiger charge is -2.02. The summed E-state index contributed by atoms with van der Waals surface area (Å²) in [7, 11) is 1.51. The third-order valence-electron chi connectivity index (χ3n) is 1.05. The van der Waals surface area contributed by atoms with Crippen LogP contribution in [0.5, 0.6) is 0 Å². The molecule has 0 saturated carbocycles. The van der Waals surface area contributed by atoms with Gasteiger partial charge in [0.25, 0.3) is 0 Å². The Morgan fingerprint density at radius 3 is 2.58 bits per heavy atom. The van der Waals surface area contributed by atoms with Crippen molar-refractivity contribution in [3.8, 4) is 0 Å². The molecule has 5 heteroatoms. The van der Waals surface area contributed by atoms with Gasteiger partial charge in [0.05, 0.1) is 13.2 Å². The Bertz CT molecular complexity index is 157. The molecule has 0 aromatic rings. The number of ether oxygens (including phenoxy) is 2. The highest BCUT2D eigenvalue weighted by Crippen LogP contribution is 1.77. The lowest BCUT2D eigenvalue weighted by molar-refractivity contribution is -0.154. The molecule has 0 radical (unpaired) electrons. The maximum atomic E-state index is 10.8. The highest BCUT2D eigenvalue weighted by Gasteiger charge is 2.12. The summed E-state index contributed by atoms with van der Waals surface area (Å²) in [6.45, 7) is 2.54. The van der Waals surface area contributed by atoms with Crippen molar-refractivity contribution >= 4 is 11.9 Å². The molecule has 0 unspecified atom stereocenters. The number of hydrogen-bond acceptors (Lipinski definition) is 4. The van der Waals surface area contributed by atoms with Gasteiger partial charge >= 0.3 is 11.9 Å². The Hall–Kier alpha value is -1.10. The summed E-state index contributed by atoms with van der Waals surface area (Å²) in [5.74, 6) is -1.58. The SMILES string of the molecule is CCOC(=O)C(=O)NCCOC. The van der Waals surface area contributed by atoms with Crippen LogP contribution in [0.3, 0.4) is 0 Å². The smallest absolute Gasteiger partial charge is 0.396 e. The average Bonchev–Trinajstić information content (AvgIpc) is 2.05. The molecule has 0 bridgehead atoms. The molecular weight excluding hydrogens is 162 g/mol. The molecule has 0 fully saturated rings. The van der Waals surface area contributed by atoms with Gasteiger partial charge in [-0.1, -0.05) is 0 Å². The predicted octanol–water partition coefficient (Wildman–Crippen LogP) is -0.688. The van der Waals surface area contributed by atoms with E-state index < -0.39 is 11.9 Å². The first-order valence-electron chi connectivity index (χ1n) is 3.66. The third kappa shape index (κ3) is 4.68. The largest absolute Gasteiger partial charge is 0.459 e. The lowest BCUT2D eigenvalue weighted by atomic mass is 10.5. The normalized spacial score (nSPS) is 9.17. The van der Waals surface area contributed by atoms with Crippen molar-refractivity contribution in [2.24, 2.45) is 0 Å². The highest BCUT2D eigenvalue weighted by molar-refractivity contribution is 6.32. The van der Waals surface area contributed by atoms with Gasteiger partial charge in [-0.25, -0.2) is 4.79 Å². The Morgan fingerprint density at radius 2 is 2.08 bits per heavy atom. The Morgan fingerprint density at radius 1 is 1.42 bits per heavy atom. The van der Waals surface area contributed by atoms with Crippen LogP contribution in [0.25, 0.3) is 0 Å². The summed E-state index contributed by atoms with van der Waals surface area (Å²) < 4.78 is 9.11. The van der Waals surface area contributed by atoms with Crippen molar-refractivity contribution in [1.29, 1.82) is 0 Å². The second kappa shape index (κ2) is 6.60. The standard InChI is InChI=1S/C7H13NO4/c1-3-12-7(10)6(9)8-4-5-11-2/h3-5H2,1-2H3,(H,8,9). The fraction of sp³-hybridized carbons (Fsp3) is 0.714. The second-order valence-electron chi connectivity index (χ2n) is 1.97. The number of carbonyl (C=O) groups is 2. The summed E-state index contributed by atoms with van der Waals surface area (Å²) in [6.07, 6.45) is 0. The summed E-state index contributed by atoms with van der Waals surface area (Å²) in [4.78, 5) is 21.4. The molecule has 70 valence electrons. The molecule has 0 rings (SSSR count). The van der Waals surface area contributed by atoms with E-state index in [0.29, 0.717) is 13.2 Å². The average molecular weight is 175 g/mol. The quantitative estimate of drug-likeness (QED) is 0.349. The fourth-order valence-corrected chi connectivity index (χ4v) is 0.535. The van der Waals surface area contributed by atoms with Crippen LogP contribution in [0, 0.1) is 0 Å². The molecule has 1 N–H and O–H groups in total. The van der Waals surface area contributed by atoms with Gasteiger partial charge < -0.3 is 14.8 Å². The molecule has 0 aromatic carbocycles. The molecule has 1 amide bonds. The lowest BCUT2D eigenvalue weighted by Crippen LogP contribution is -2.34. The van der Waals surface area contributed by atoms with E-state index in [2.05, 4.69) is 14.8 Å². The summed E-state index contributed by atoms with van der Waals surface area (Å²) >= 11 is 0. The van der Waals surface area contributed by atoms with Gasteiger partial charge in [0, 0.05) is 13.7 Å². The van der Waals surface area contributed by atoms with Gasteiger partial charge in [-0.2, -0.15) is 0 Å². The molecule has 0 atom stereocenters. The Balaban J connectivity index is 3.50. The van der Waals surface area contributed by atoms with E-state index in [4.69, 9.17) is 0 Å². The van der Waals surface area contributed by atoms with E-state index in [1.54, 1.807) is 6.92 Å². The number of carbonyl (C=O) groups excluding carboxylic acids is 2. The van der Waals surface area contributed by atoms with Crippen LogP contribution in [0.15, 0.2) is 0 Å². The van der Waals surface area contributed by atoms with Gasteiger partial charge in [0.15, 0.2) is 0 Å². The van der Waals surface area contributed by atoms with Crippen LogP contribution in [-0.4, -0.2) is 38.7 Å². The van der Waals surface area contributed by atoms with Gasteiger partial charge in [-0.05, 0) is 6.92 Å². The third-order valence-corrected chi connectivity index (χ3v) is 1.05. The molecule has 5 nitrogen and oxygen atoms in total. The van der Waals surface area contributed by atoms with E-state index in [0.717, 1.165) is 0 Å². The first kappa shape index (κ1) is 10.9. The van der Waals surface area contributed by atoms with Crippen LogP contribution in [0.1, 0.15) is 6.92 Å². The molecule has 0 aromatic heterocycles. The number of methoxy groups -OCH3 is 1. The van der Waals surface area contributed by atoms with Crippen molar-refractivity contribution in [2.45, 2.75) is 6.92 Å². The van der Waals surface area contributed by atoms with Crippen LogP contribution in [-0.2, 0) is 19.1 Å². The molecule has 0 aliphatic rings. The number of esters is 1. The van der Waals surface area contributed by atoms with E-state index in [-0.39, 0.29) is 6.61 Å². The van der Waals surface area contributed by atoms with Gasteiger partial charge in [-0.15, -0.1) is 0 Å². The van der Waals surface area contributed by atoms with Gasteiger partial charge in [0.2, 0.25) is 0 Å². The zero-order chi connectivity index (χ0) is 9.40. The maximum absolute atomic E-state index is 10.8. The highest BCUT2D eigenvalue weighted by atomic mass is 16.5. The van der Waals surface area contributed by atoms with Crippen molar-refractivity contribution in [3.63, 3.8) is 0 Å². The predicted molar refractivity (Wildman–Crippen MR) is 41.5 cm³/mol. The molecular formula is C7H13NO4. The number of rotatable bonds is 4. The Kier molecular flexibility index (Phi) is 6.00. The van der Waals surface area contributed by atoms with Crippen LogP contribution >= 0.6 is 0 Å². The van der Waals surface area contributed by atoms with E-state index in [1.807, 2.05) is 0 Å². The van der Waals surface area contributed by atoms with Crippen molar-refractivity contribution < 1.29 is 19.1 Å². The number of nitrogens with one attached hydrogen (secondary N) is 1. The van der Waals surface area contributed by atoms with E-state index in [1.165, 1.54) is 7.11 Å². The molecule has 12 heavy (non-hydrogen) atoms. The number of hydrogen-bond donors (Lipinski definition) is 1. The summed E-state index contributed by atoms with van der Waals surface area (Å²) in [6, 6.07) is 0. The van der Waals surface area contributed by atoms with Gasteiger partial charge in [-0.3, -0.25) is 4.79 Å². The first-order valence-corrected chi connectivity index (χ1v) is 3.66. The second-order valence-corrected chi connectivity index (χ2v) is 1.97. The topological polar surface area (TPSA) is 64.6 Å². The molecule has 0 spiro atoms. The molecule has 0 aliphatic carbocycles. The zero-order valence-corrected chi connectivity index (χ0v) is 7.25. The summed E-state index contributed by atoms with van der Waals surface area (Å²) in [5.41, 5.74) is 0. The molecule has 0 aliphatic heterocycles. The zero-order valence-electron chi connectivity index (χ0n) is 7.25. The minimum absolute atomic E-state index is 0.205. The van der Waals surface area contributed by atoms with E-state index >= 15 is 0 Å². The van der Waals surface area contributed by atoms with Crippen molar-refractivity contribution in [3.05, 3.63) is 0 Å². The molecule has 0 heterocycles. The fourth-order valence-electron chi connectivity index (χ4n) is 0.535. The Labute approximate surface area is 71.0 Å². The summed E-state index contributed by atoms with van der Waals surface area (Å²) in [5, 5.41) is 2.33.